The summed E-state index contributed by atoms with van der Waals surface area (Å²) >= 11 is 1.40. The molecule has 0 saturated heterocycles. The first-order chi connectivity index (χ1) is 14.1. The summed E-state index contributed by atoms with van der Waals surface area (Å²) in [4.78, 5) is 16.0. The molecule has 1 fully saturated rings. The van der Waals surface area contributed by atoms with Crippen LogP contribution in [0.5, 0.6) is 0 Å². The van der Waals surface area contributed by atoms with Crippen molar-refractivity contribution in [3.8, 4) is 17.3 Å². The molecule has 1 aliphatic rings. The minimum Gasteiger partial charge on any atom is -0.478 e. The normalized spacial score (nSPS) is 13.4. The van der Waals surface area contributed by atoms with Crippen molar-refractivity contribution < 1.29 is 14.3 Å². The summed E-state index contributed by atoms with van der Waals surface area (Å²) in [5.74, 6) is -1.83. The fourth-order valence-electron chi connectivity index (χ4n) is 2.87. The van der Waals surface area contributed by atoms with E-state index < -0.39 is 11.8 Å². The van der Waals surface area contributed by atoms with Crippen LogP contribution in [0.25, 0.3) is 11.3 Å². The van der Waals surface area contributed by atoms with Gasteiger partial charge < -0.3 is 5.11 Å². The summed E-state index contributed by atoms with van der Waals surface area (Å²) in [7, 11) is 0. The topological polar surface area (TPSA) is 89.6 Å². The van der Waals surface area contributed by atoms with Crippen molar-refractivity contribution in [2.45, 2.75) is 18.9 Å². The molecule has 29 heavy (non-hydrogen) atoms. The van der Waals surface area contributed by atoms with Crippen LogP contribution in [-0.4, -0.2) is 28.3 Å². The maximum atomic E-state index is 13.4. The smallest absolute Gasteiger partial charge is 0.336 e. The van der Waals surface area contributed by atoms with Crippen LogP contribution in [0.2, 0.25) is 0 Å². The number of halogens is 1. The number of carboxylic acid groups (broad SMARTS) is 1. The number of nitrogens with zero attached hydrogens (tertiary/aromatic N) is 4. The maximum absolute atomic E-state index is 13.4. The molecule has 0 amide bonds. The van der Waals surface area contributed by atoms with Gasteiger partial charge in [-0.3, -0.25) is 0 Å². The van der Waals surface area contributed by atoms with Crippen LogP contribution in [0.3, 0.4) is 0 Å². The number of anilines is 1. The molecule has 144 valence electrons. The number of nitriles is 1. The highest BCUT2D eigenvalue weighted by Crippen LogP contribution is 2.36. The summed E-state index contributed by atoms with van der Waals surface area (Å²) in [5, 5.41) is 27.4. The number of rotatable bonds is 6. The fourth-order valence-corrected chi connectivity index (χ4v) is 3.72. The number of carbonyl (C=O) groups is 1. The Labute approximate surface area is 170 Å². The Kier molecular flexibility index (Phi) is 5.06. The first-order valence-electron chi connectivity index (χ1n) is 8.88. The van der Waals surface area contributed by atoms with E-state index in [0.717, 1.165) is 24.5 Å². The van der Waals surface area contributed by atoms with Crippen LogP contribution >= 0.6 is 11.3 Å². The van der Waals surface area contributed by atoms with Gasteiger partial charge in [0.25, 0.3) is 0 Å². The molecule has 3 aromatic rings. The van der Waals surface area contributed by atoms with E-state index in [4.69, 9.17) is 0 Å². The van der Waals surface area contributed by atoms with Crippen molar-refractivity contribution in [1.29, 1.82) is 5.26 Å². The van der Waals surface area contributed by atoms with E-state index in [1.165, 1.54) is 29.7 Å². The number of hydrogen-bond acceptors (Lipinski definition) is 6. The van der Waals surface area contributed by atoms with E-state index in [1.807, 2.05) is 17.5 Å². The second kappa shape index (κ2) is 7.81. The van der Waals surface area contributed by atoms with Gasteiger partial charge in [-0.1, -0.05) is 18.2 Å². The van der Waals surface area contributed by atoms with Gasteiger partial charge in [0.05, 0.1) is 35.1 Å². The van der Waals surface area contributed by atoms with Crippen LogP contribution in [0, 0.1) is 17.1 Å². The number of thiazole rings is 1. The molecule has 0 unspecified atom stereocenters. The van der Waals surface area contributed by atoms with Crippen molar-refractivity contribution in [2.24, 2.45) is 5.10 Å². The zero-order valence-corrected chi connectivity index (χ0v) is 15.9. The van der Waals surface area contributed by atoms with E-state index in [-0.39, 0.29) is 11.6 Å². The molecule has 4 rings (SSSR count). The third-order valence-electron chi connectivity index (χ3n) is 4.47. The third kappa shape index (κ3) is 4.00. The van der Waals surface area contributed by atoms with E-state index in [1.54, 1.807) is 17.1 Å². The van der Waals surface area contributed by atoms with Gasteiger partial charge in [-0.2, -0.15) is 10.4 Å². The number of aromatic nitrogens is 1. The van der Waals surface area contributed by atoms with Crippen LogP contribution < -0.4 is 5.01 Å². The monoisotopic (exact) mass is 406 g/mol. The zero-order chi connectivity index (χ0) is 20.4. The lowest BCUT2D eigenvalue weighted by molar-refractivity contribution is 0.0696. The molecule has 0 bridgehead atoms. The molecule has 2 aromatic carbocycles. The number of benzene rings is 2. The summed E-state index contributed by atoms with van der Waals surface area (Å²) in [6.07, 6.45) is 3.33. The lowest BCUT2D eigenvalue weighted by atomic mass is 10.1. The predicted molar refractivity (Wildman–Crippen MR) is 109 cm³/mol. The second-order valence-electron chi connectivity index (χ2n) is 6.53. The van der Waals surface area contributed by atoms with E-state index >= 15 is 0 Å². The van der Waals surface area contributed by atoms with Gasteiger partial charge >= 0.3 is 5.97 Å². The molecular weight excluding hydrogens is 391 g/mol. The van der Waals surface area contributed by atoms with Crippen LogP contribution in [-0.2, 0) is 0 Å². The molecule has 0 radical (unpaired) electrons. The van der Waals surface area contributed by atoms with Gasteiger partial charge in [-0.05, 0) is 37.1 Å². The van der Waals surface area contributed by atoms with Crippen molar-refractivity contribution in [2.75, 3.05) is 5.01 Å². The number of hydrazone groups is 1. The molecule has 1 N–H and O–H groups in total. The van der Waals surface area contributed by atoms with E-state index in [9.17, 15) is 19.6 Å². The van der Waals surface area contributed by atoms with E-state index in [0.29, 0.717) is 22.0 Å². The van der Waals surface area contributed by atoms with Crippen molar-refractivity contribution >= 4 is 28.7 Å². The van der Waals surface area contributed by atoms with Crippen LogP contribution in [0.1, 0.15) is 34.3 Å². The standard InChI is InChI=1S/C21H15FN4O2S/c22-15-6-5-14(18(9-15)20(27)28)11-24-26(16-7-8-16)21-25-19(12-29-21)17-4-2-1-3-13(17)10-23/h1-6,9,11-12,16H,7-8H2,(H,27,28)/b24-11+. The molecule has 0 atom stereocenters. The molecule has 0 spiro atoms. The molecule has 6 nitrogen and oxygen atoms in total. The minimum atomic E-state index is -1.21. The van der Waals surface area contributed by atoms with Crippen LogP contribution in [0.15, 0.2) is 52.9 Å². The Balaban J connectivity index is 1.65. The molecule has 1 saturated carbocycles. The third-order valence-corrected chi connectivity index (χ3v) is 5.30. The van der Waals surface area contributed by atoms with Crippen molar-refractivity contribution in [3.05, 3.63) is 70.4 Å². The van der Waals surface area contributed by atoms with Gasteiger partial charge in [0.15, 0.2) is 0 Å². The Hall–Kier alpha value is -3.57. The maximum Gasteiger partial charge on any atom is 0.336 e. The second-order valence-corrected chi connectivity index (χ2v) is 7.37. The molecule has 1 heterocycles. The van der Waals surface area contributed by atoms with Gasteiger partial charge in [0.2, 0.25) is 5.13 Å². The molecule has 1 aliphatic carbocycles. The Bertz CT molecular complexity index is 1150. The first-order valence-corrected chi connectivity index (χ1v) is 9.76. The number of hydrogen-bond donors (Lipinski definition) is 1. The van der Waals surface area contributed by atoms with Crippen molar-refractivity contribution in [3.63, 3.8) is 0 Å². The highest BCUT2D eigenvalue weighted by molar-refractivity contribution is 7.14. The summed E-state index contributed by atoms with van der Waals surface area (Å²) in [6.45, 7) is 0. The Morgan fingerprint density at radius 2 is 2.14 bits per heavy atom. The SMILES string of the molecule is N#Cc1ccccc1-c1csc(N(/N=C/c2ccc(F)cc2C(=O)O)C2CC2)n1. The number of aromatic carboxylic acids is 1. The lowest BCUT2D eigenvalue weighted by Gasteiger charge is -2.14. The predicted octanol–water partition coefficient (Wildman–Crippen LogP) is 4.52. The van der Waals surface area contributed by atoms with Gasteiger partial charge in [0.1, 0.15) is 5.82 Å². The number of carboxylic acids is 1. The average molecular weight is 406 g/mol. The minimum absolute atomic E-state index is 0.146. The Morgan fingerprint density at radius 1 is 1.34 bits per heavy atom. The zero-order valence-electron chi connectivity index (χ0n) is 15.1. The van der Waals surface area contributed by atoms with E-state index in [2.05, 4.69) is 16.2 Å². The van der Waals surface area contributed by atoms with Crippen LogP contribution in [0.4, 0.5) is 9.52 Å². The molecule has 0 aliphatic heterocycles. The highest BCUT2D eigenvalue weighted by atomic mass is 32.1. The quantitative estimate of drug-likeness (QED) is 0.480. The van der Waals surface area contributed by atoms with Gasteiger partial charge in [-0.15, -0.1) is 11.3 Å². The lowest BCUT2D eigenvalue weighted by Crippen LogP contribution is -2.19. The molecule has 8 heteroatoms. The average Bonchev–Trinajstić information content (AvgIpc) is 3.45. The van der Waals surface area contributed by atoms with Crippen molar-refractivity contribution in [1.82, 2.24) is 4.98 Å². The van der Waals surface area contributed by atoms with Gasteiger partial charge in [-0.25, -0.2) is 19.2 Å². The van der Waals surface area contributed by atoms with Gasteiger partial charge in [0, 0.05) is 16.5 Å². The fraction of sp³-hybridized carbons (Fsp3) is 0.143. The molecular formula is C21H15FN4O2S. The summed E-state index contributed by atoms with van der Waals surface area (Å²) < 4.78 is 13.4. The highest BCUT2D eigenvalue weighted by Gasteiger charge is 2.31. The summed E-state index contributed by atoms with van der Waals surface area (Å²) in [5.41, 5.74) is 2.16. The summed E-state index contributed by atoms with van der Waals surface area (Å²) in [6, 6.07) is 13.2. The Morgan fingerprint density at radius 3 is 2.86 bits per heavy atom. The first kappa shape index (κ1) is 18.8. The molecule has 1 aromatic heterocycles. The largest absolute Gasteiger partial charge is 0.478 e.